The molecule has 4 nitrogen and oxygen atoms in total. The summed E-state index contributed by atoms with van der Waals surface area (Å²) in [5.74, 6) is -2.56. The predicted octanol–water partition coefficient (Wildman–Crippen LogP) is 1.80. The maximum atomic E-state index is 13.8. The van der Waals surface area contributed by atoms with Gasteiger partial charge >= 0.3 is 0 Å². The second-order valence-electron chi connectivity index (χ2n) is 3.84. The molecule has 0 radical (unpaired) electrons. The first kappa shape index (κ1) is 14.9. The first-order chi connectivity index (χ1) is 9.04. The van der Waals surface area contributed by atoms with Gasteiger partial charge in [-0.25, -0.2) is 8.78 Å². The van der Waals surface area contributed by atoms with E-state index < -0.39 is 11.6 Å². The van der Waals surface area contributed by atoms with Gasteiger partial charge in [0.2, 0.25) is 5.91 Å². The highest BCUT2D eigenvalue weighted by Crippen LogP contribution is 2.23. The van der Waals surface area contributed by atoms with Crippen molar-refractivity contribution in [3.05, 3.63) is 29.3 Å². The van der Waals surface area contributed by atoms with Gasteiger partial charge in [-0.1, -0.05) is 0 Å². The minimum absolute atomic E-state index is 0.0229. The summed E-state index contributed by atoms with van der Waals surface area (Å²) in [6.45, 7) is 4.26. The third-order valence-corrected chi connectivity index (χ3v) is 2.61. The molecule has 0 aliphatic rings. The molecule has 0 aliphatic carbocycles. The Hall–Kier alpha value is -2.16. The number of rotatable bonds is 5. The van der Waals surface area contributed by atoms with Gasteiger partial charge in [0.25, 0.3) is 0 Å². The average molecular weight is 267 g/mol. The average Bonchev–Trinajstić information content (AvgIpc) is 2.40. The molecule has 1 rings (SSSR count). The Bertz CT molecular complexity index is 511. The van der Waals surface area contributed by atoms with Crippen molar-refractivity contribution in [2.75, 3.05) is 24.5 Å². The predicted molar refractivity (Wildman–Crippen MR) is 67.6 cm³/mol. The second kappa shape index (κ2) is 6.69. The molecule has 0 bridgehead atoms. The Balaban J connectivity index is 3.03. The molecule has 6 heteroatoms. The molecule has 0 saturated carbocycles. The van der Waals surface area contributed by atoms with E-state index in [1.54, 1.807) is 19.9 Å². The van der Waals surface area contributed by atoms with Gasteiger partial charge in [-0.3, -0.25) is 4.79 Å². The molecule has 1 aromatic rings. The van der Waals surface area contributed by atoms with Crippen LogP contribution in [0.5, 0.6) is 0 Å². The van der Waals surface area contributed by atoms with Crippen molar-refractivity contribution in [1.29, 1.82) is 5.26 Å². The Morgan fingerprint density at radius 3 is 2.58 bits per heavy atom. The van der Waals surface area contributed by atoms with Crippen LogP contribution in [-0.4, -0.2) is 25.5 Å². The van der Waals surface area contributed by atoms with E-state index in [9.17, 15) is 13.6 Å². The Kier molecular flexibility index (Phi) is 5.24. The zero-order chi connectivity index (χ0) is 14.4. The summed E-state index contributed by atoms with van der Waals surface area (Å²) in [4.78, 5) is 12.9. The smallest absolute Gasteiger partial charge is 0.239 e. The highest BCUT2D eigenvalue weighted by molar-refractivity contribution is 5.81. The summed E-state index contributed by atoms with van der Waals surface area (Å²) in [5, 5.41) is 11.2. The van der Waals surface area contributed by atoms with Gasteiger partial charge in [-0.05, 0) is 26.0 Å². The van der Waals surface area contributed by atoms with E-state index >= 15 is 0 Å². The van der Waals surface area contributed by atoms with E-state index in [1.165, 1.54) is 17.0 Å². The first-order valence-electron chi connectivity index (χ1n) is 5.94. The standard InChI is InChI=1S/C13H15F2N3O/c1-3-17-11(19)8-18(4-2)10-6-5-9(7-16)12(14)13(10)15/h5-6H,3-4,8H2,1-2H3,(H,17,19). The molecule has 0 fully saturated rings. The lowest BCUT2D eigenvalue weighted by atomic mass is 10.2. The monoisotopic (exact) mass is 267 g/mol. The van der Waals surface area contributed by atoms with Crippen LogP contribution in [0.3, 0.4) is 0 Å². The van der Waals surface area contributed by atoms with Gasteiger partial charge in [0.05, 0.1) is 17.8 Å². The lowest BCUT2D eigenvalue weighted by Gasteiger charge is -2.23. The fraction of sp³-hybridized carbons (Fsp3) is 0.385. The number of anilines is 1. The highest BCUT2D eigenvalue weighted by Gasteiger charge is 2.18. The lowest BCUT2D eigenvalue weighted by molar-refractivity contribution is -0.119. The zero-order valence-electron chi connectivity index (χ0n) is 10.8. The van der Waals surface area contributed by atoms with Crippen LogP contribution in [0.15, 0.2) is 12.1 Å². The molecule has 102 valence electrons. The minimum atomic E-state index is -1.19. The molecule has 0 unspecified atom stereocenters. The van der Waals surface area contributed by atoms with E-state index in [0.717, 1.165) is 0 Å². The van der Waals surface area contributed by atoms with Crippen LogP contribution >= 0.6 is 0 Å². The summed E-state index contributed by atoms with van der Waals surface area (Å²) in [5.41, 5.74) is -0.374. The van der Waals surface area contributed by atoms with E-state index in [0.29, 0.717) is 13.1 Å². The van der Waals surface area contributed by atoms with Crippen molar-refractivity contribution in [2.24, 2.45) is 0 Å². The molecule has 19 heavy (non-hydrogen) atoms. The third kappa shape index (κ3) is 3.41. The van der Waals surface area contributed by atoms with E-state index in [2.05, 4.69) is 5.32 Å². The van der Waals surface area contributed by atoms with Crippen molar-refractivity contribution in [1.82, 2.24) is 5.32 Å². The maximum absolute atomic E-state index is 13.8. The number of hydrogen-bond donors (Lipinski definition) is 1. The van der Waals surface area contributed by atoms with Gasteiger partial charge in [0, 0.05) is 13.1 Å². The summed E-state index contributed by atoms with van der Waals surface area (Å²) in [6.07, 6.45) is 0. The van der Waals surface area contributed by atoms with Crippen molar-refractivity contribution < 1.29 is 13.6 Å². The Labute approximate surface area is 110 Å². The van der Waals surface area contributed by atoms with Crippen molar-refractivity contribution in [2.45, 2.75) is 13.8 Å². The fourth-order valence-corrected chi connectivity index (χ4v) is 1.66. The summed E-state index contributed by atoms with van der Waals surface area (Å²) in [7, 11) is 0. The van der Waals surface area contributed by atoms with Crippen molar-refractivity contribution in [3.63, 3.8) is 0 Å². The van der Waals surface area contributed by atoms with Gasteiger partial charge in [-0.2, -0.15) is 5.26 Å². The topological polar surface area (TPSA) is 56.1 Å². The molecule has 0 saturated heterocycles. The number of carbonyl (C=O) groups excluding carboxylic acids is 1. The summed E-state index contributed by atoms with van der Waals surface area (Å²) < 4.78 is 27.3. The minimum Gasteiger partial charge on any atom is -0.360 e. The molecule has 1 amide bonds. The number of nitrogens with one attached hydrogen (secondary N) is 1. The Morgan fingerprint density at radius 2 is 2.05 bits per heavy atom. The first-order valence-corrected chi connectivity index (χ1v) is 5.94. The van der Waals surface area contributed by atoms with Gasteiger partial charge in [0.15, 0.2) is 11.6 Å². The van der Waals surface area contributed by atoms with Crippen LogP contribution < -0.4 is 10.2 Å². The molecule has 0 aliphatic heterocycles. The van der Waals surface area contributed by atoms with Crippen LogP contribution in [0.25, 0.3) is 0 Å². The van der Waals surface area contributed by atoms with E-state index in [1.807, 2.05) is 0 Å². The molecular weight excluding hydrogens is 252 g/mol. The van der Waals surface area contributed by atoms with Crippen molar-refractivity contribution in [3.8, 4) is 6.07 Å². The zero-order valence-corrected chi connectivity index (χ0v) is 10.8. The van der Waals surface area contributed by atoms with E-state index in [4.69, 9.17) is 5.26 Å². The number of carbonyl (C=O) groups is 1. The van der Waals surface area contributed by atoms with Gasteiger partial charge < -0.3 is 10.2 Å². The number of halogens is 2. The molecular formula is C13H15F2N3O. The summed E-state index contributed by atoms with van der Waals surface area (Å²) >= 11 is 0. The third-order valence-electron chi connectivity index (χ3n) is 2.61. The number of hydrogen-bond acceptors (Lipinski definition) is 3. The SMILES string of the molecule is CCNC(=O)CN(CC)c1ccc(C#N)c(F)c1F. The van der Waals surface area contributed by atoms with Crippen LogP contribution in [0, 0.1) is 23.0 Å². The van der Waals surface area contributed by atoms with Gasteiger partial charge in [0.1, 0.15) is 6.07 Å². The Morgan fingerprint density at radius 1 is 1.37 bits per heavy atom. The number of likely N-dealkylation sites (N-methyl/N-ethyl adjacent to an activating group) is 2. The molecule has 0 spiro atoms. The number of benzene rings is 1. The highest BCUT2D eigenvalue weighted by atomic mass is 19.2. The molecule has 1 N–H and O–H groups in total. The molecule has 0 heterocycles. The van der Waals surface area contributed by atoms with Crippen molar-refractivity contribution >= 4 is 11.6 Å². The maximum Gasteiger partial charge on any atom is 0.239 e. The van der Waals surface area contributed by atoms with Crippen LogP contribution in [0.4, 0.5) is 14.5 Å². The quantitative estimate of drug-likeness (QED) is 0.885. The number of nitriles is 1. The van der Waals surface area contributed by atoms with Crippen LogP contribution in [0.1, 0.15) is 19.4 Å². The normalized spacial score (nSPS) is 9.84. The molecule has 1 aromatic carbocycles. The van der Waals surface area contributed by atoms with Crippen LogP contribution in [0.2, 0.25) is 0 Å². The molecule has 0 atom stereocenters. The summed E-state index contributed by atoms with van der Waals surface area (Å²) in [6, 6.07) is 4.08. The second-order valence-corrected chi connectivity index (χ2v) is 3.84. The lowest BCUT2D eigenvalue weighted by Crippen LogP contribution is -2.37. The van der Waals surface area contributed by atoms with Gasteiger partial charge in [-0.15, -0.1) is 0 Å². The van der Waals surface area contributed by atoms with Crippen LogP contribution in [-0.2, 0) is 4.79 Å². The largest absolute Gasteiger partial charge is 0.360 e. The van der Waals surface area contributed by atoms with E-state index in [-0.39, 0.29) is 23.7 Å². The molecule has 0 aromatic heterocycles. The fourth-order valence-electron chi connectivity index (χ4n) is 1.66. The number of nitrogens with zero attached hydrogens (tertiary/aromatic N) is 2. The number of amides is 1.